The Kier molecular flexibility index (Phi) is 4.51. The molecule has 94 valence electrons. The molecular weight excluding hydrogens is 224 g/mol. The molecule has 1 N–H and O–H groups in total. The summed E-state index contributed by atoms with van der Waals surface area (Å²) >= 11 is 0. The fourth-order valence-corrected chi connectivity index (χ4v) is 2.01. The first-order valence-corrected chi connectivity index (χ1v) is 6.09. The number of methoxy groups -OCH3 is 1. The van der Waals surface area contributed by atoms with Gasteiger partial charge in [0.1, 0.15) is 0 Å². The number of rotatable bonds is 5. The standard InChI is InChI=1S/C16H18O2/c1-18-12-14-8-5-9-15(10-14)16(17)11-13-6-3-2-4-7-13/h2-10,16-17H,11-12H2,1H3. The summed E-state index contributed by atoms with van der Waals surface area (Å²) in [5, 5.41) is 10.2. The van der Waals surface area contributed by atoms with Crippen LogP contribution in [0.2, 0.25) is 0 Å². The summed E-state index contributed by atoms with van der Waals surface area (Å²) in [4.78, 5) is 0. The highest BCUT2D eigenvalue weighted by Crippen LogP contribution is 2.19. The van der Waals surface area contributed by atoms with E-state index in [0.717, 1.165) is 16.7 Å². The summed E-state index contributed by atoms with van der Waals surface area (Å²) in [6.07, 6.45) is 0.168. The Morgan fingerprint density at radius 1 is 1.00 bits per heavy atom. The number of hydrogen-bond donors (Lipinski definition) is 1. The summed E-state index contributed by atoms with van der Waals surface area (Å²) in [6.45, 7) is 0.575. The smallest absolute Gasteiger partial charge is 0.0830 e. The van der Waals surface area contributed by atoms with Gasteiger partial charge in [0.05, 0.1) is 12.7 Å². The molecule has 0 spiro atoms. The Balaban J connectivity index is 2.08. The average Bonchev–Trinajstić information content (AvgIpc) is 2.40. The molecule has 18 heavy (non-hydrogen) atoms. The summed E-state index contributed by atoms with van der Waals surface area (Å²) in [5.74, 6) is 0. The van der Waals surface area contributed by atoms with Crippen LogP contribution in [0.3, 0.4) is 0 Å². The predicted octanol–water partition coefficient (Wildman–Crippen LogP) is 3.11. The molecule has 0 amide bonds. The van der Waals surface area contributed by atoms with E-state index in [0.29, 0.717) is 13.0 Å². The van der Waals surface area contributed by atoms with Gasteiger partial charge in [0.15, 0.2) is 0 Å². The van der Waals surface area contributed by atoms with Crippen molar-refractivity contribution in [3.8, 4) is 0 Å². The van der Waals surface area contributed by atoms with Crippen LogP contribution in [0.15, 0.2) is 54.6 Å². The second-order valence-electron chi connectivity index (χ2n) is 4.38. The summed E-state index contributed by atoms with van der Waals surface area (Å²) in [6, 6.07) is 17.9. The van der Waals surface area contributed by atoms with Crippen molar-refractivity contribution >= 4 is 0 Å². The van der Waals surface area contributed by atoms with Crippen molar-refractivity contribution in [1.29, 1.82) is 0 Å². The summed E-state index contributed by atoms with van der Waals surface area (Å²) < 4.78 is 5.10. The van der Waals surface area contributed by atoms with E-state index in [2.05, 4.69) is 0 Å². The maximum absolute atomic E-state index is 10.2. The topological polar surface area (TPSA) is 29.5 Å². The van der Waals surface area contributed by atoms with E-state index in [4.69, 9.17) is 4.74 Å². The second kappa shape index (κ2) is 6.34. The van der Waals surface area contributed by atoms with Crippen molar-refractivity contribution in [3.63, 3.8) is 0 Å². The molecule has 0 saturated carbocycles. The minimum Gasteiger partial charge on any atom is -0.388 e. The van der Waals surface area contributed by atoms with Gasteiger partial charge >= 0.3 is 0 Å². The van der Waals surface area contributed by atoms with Gasteiger partial charge in [-0.25, -0.2) is 0 Å². The number of aliphatic hydroxyl groups is 1. The Hall–Kier alpha value is -1.64. The van der Waals surface area contributed by atoms with Gasteiger partial charge in [-0.3, -0.25) is 0 Å². The molecule has 1 atom stereocenters. The zero-order valence-corrected chi connectivity index (χ0v) is 10.5. The largest absolute Gasteiger partial charge is 0.388 e. The molecule has 2 aromatic carbocycles. The Morgan fingerprint density at radius 3 is 2.44 bits per heavy atom. The maximum Gasteiger partial charge on any atom is 0.0830 e. The molecule has 2 heteroatoms. The van der Waals surface area contributed by atoms with Crippen molar-refractivity contribution in [1.82, 2.24) is 0 Å². The molecule has 0 radical (unpaired) electrons. The van der Waals surface area contributed by atoms with Crippen LogP contribution < -0.4 is 0 Å². The van der Waals surface area contributed by atoms with Crippen molar-refractivity contribution < 1.29 is 9.84 Å². The van der Waals surface area contributed by atoms with Crippen molar-refractivity contribution in [2.75, 3.05) is 7.11 Å². The molecule has 2 rings (SSSR count). The van der Waals surface area contributed by atoms with E-state index in [1.54, 1.807) is 7.11 Å². The van der Waals surface area contributed by atoms with Crippen LogP contribution in [0.25, 0.3) is 0 Å². The number of benzene rings is 2. The summed E-state index contributed by atoms with van der Waals surface area (Å²) in [5.41, 5.74) is 3.16. The average molecular weight is 242 g/mol. The molecule has 0 bridgehead atoms. The maximum atomic E-state index is 10.2. The lowest BCUT2D eigenvalue weighted by Crippen LogP contribution is -2.02. The molecule has 0 aliphatic rings. The van der Waals surface area contributed by atoms with Gasteiger partial charge in [-0.1, -0.05) is 54.6 Å². The first-order valence-electron chi connectivity index (χ1n) is 6.09. The minimum absolute atomic E-state index is 0.468. The molecule has 0 fully saturated rings. The lowest BCUT2D eigenvalue weighted by molar-refractivity contribution is 0.175. The molecule has 0 aromatic heterocycles. The van der Waals surface area contributed by atoms with Gasteiger partial charge in [0.25, 0.3) is 0 Å². The van der Waals surface area contributed by atoms with Gasteiger partial charge < -0.3 is 9.84 Å². The monoisotopic (exact) mass is 242 g/mol. The van der Waals surface area contributed by atoms with Crippen LogP contribution in [0.4, 0.5) is 0 Å². The molecule has 0 saturated heterocycles. The lowest BCUT2D eigenvalue weighted by Gasteiger charge is -2.12. The van der Waals surface area contributed by atoms with Crippen molar-refractivity contribution in [2.24, 2.45) is 0 Å². The van der Waals surface area contributed by atoms with Crippen LogP contribution in [0, 0.1) is 0 Å². The van der Waals surface area contributed by atoms with E-state index in [9.17, 15) is 5.11 Å². The molecular formula is C16H18O2. The minimum atomic E-state index is -0.468. The molecule has 0 aliphatic heterocycles. The third kappa shape index (κ3) is 3.42. The molecule has 0 aliphatic carbocycles. The first-order chi connectivity index (χ1) is 8.79. The van der Waals surface area contributed by atoms with E-state index in [-0.39, 0.29) is 0 Å². The van der Waals surface area contributed by atoms with Crippen LogP contribution in [-0.4, -0.2) is 12.2 Å². The Morgan fingerprint density at radius 2 is 1.72 bits per heavy atom. The lowest BCUT2D eigenvalue weighted by atomic mass is 10.00. The SMILES string of the molecule is COCc1cccc(C(O)Cc2ccccc2)c1. The quantitative estimate of drug-likeness (QED) is 0.873. The molecule has 1 unspecified atom stereocenters. The van der Waals surface area contributed by atoms with E-state index < -0.39 is 6.10 Å². The third-order valence-corrected chi connectivity index (χ3v) is 2.92. The zero-order valence-electron chi connectivity index (χ0n) is 10.5. The predicted molar refractivity (Wildman–Crippen MR) is 72.3 cm³/mol. The molecule has 0 heterocycles. The van der Waals surface area contributed by atoms with Crippen molar-refractivity contribution in [3.05, 3.63) is 71.3 Å². The second-order valence-corrected chi connectivity index (χ2v) is 4.38. The van der Waals surface area contributed by atoms with Gasteiger partial charge in [-0.2, -0.15) is 0 Å². The highest BCUT2D eigenvalue weighted by Gasteiger charge is 2.08. The van der Waals surface area contributed by atoms with Gasteiger partial charge in [0, 0.05) is 13.5 Å². The number of ether oxygens (including phenoxy) is 1. The van der Waals surface area contributed by atoms with E-state index in [1.807, 2.05) is 54.6 Å². The van der Waals surface area contributed by atoms with E-state index in [1.165, 1.54) is 0 Å². The van der Waals surface area contributed by atoms with Crippen molar-refractivity contribution in [2.45, 2.75) is 19.1 Å². The zero-order chi connectivity index (χ0) is 12.8. The summed E-state index contributed by atoms with van der Waals surface area (Å²) in [7, 11) is 1.67. The third-order valence-electron chi connectivity index (χ3n) is 2.92. The highest BCUT2D eigenvalue weighted by atomic mass is 16.5. The van der Waals surface area contributed by atoms with Crippen LogP contribution in [-0.2, 0) is 17.8 Å². The molecule has 2 aromatic rings. The van der Waals surface area contributed by atoms with E-state index >= 15 is 0 Å². The fraction of sp³-hybridized carbons (Fsp3) is 0.250. The first kappa shape index (κ1) is 12.8. The number of aliphatic hydroxyl groups excluding tert-OH is 1. The van der Waals surface area contributed by atoms with Crippen LogP contribution >= 0.6 is 0 Å². The van der Waals surface area contributed by atoms with Crippen LogP contribution in [0.5, 0.6) is 0 Å². The normalized spacial score (nSPS) is 12.3. The van der Waals surface area contributed by atoms with Gasteiger partial charge in [0.2, 0.25) is 0 Å². The molecule has 2 nitrogen and oxygen atoms in total. The number of hydrogen-bond acceptors (Lipinski definition) is 2. The van der Waals surface area contributed by atoms with Crippen LogP contribution in [0.1, 0.15) is 22.8 Å². The Bertz CT molecular complexity index is 479. The van der Waals surface area contributed by atoms with Gasteiger partial charge in [-0.15, -0.1) is 0 Å². The Labute approximate surface area is 108 Å². The highest BCUT2D eigenvalue weighted by molar-refractivity contribution is 5.26. The van der Waals surface area contributed by atoms with Gasteiger partial charge in [-0.05, 0) is 16.7 Å². The fourth-order valence-electron chi connectivity index (χ4n) is 2.01.